The van der Waals surface area contributed by atoms with E-state index in [1.807, 2.05) is 25.1 Å². The molecule has 0 N–H and O–H groups in total. The molecule has 2 aromatic carbocycles. The molecule has 0 heterocycles. The summed E-state index contributed by atoms with van der Waals surface area (Å²) in [6.45, 7) is 4.04. The predicted octanol–water partition coefficient (Wildman–Crippen LogP) is 5.05. The van der Waals surface area contributed by atoms with E-state index >= 15 is 0 Å². The standard InChI is InChI=1S/C18H17ClOS/c1-12-6-8-16-14(10-12)4-3-5-18(16)21(20)15-7-9-17(19)13(2)11-15/h5-11H,3-4H2,1-2H3. The second-order valence-electron chi connectivity index (χ2n) is 5.45. The molecule has 0 aromatic heterocycles. The third-order valence-corrected chi connectivity index (χ3v) is 5.71. The zero-order valence-electron chi connectivity index (χ0n) is 12.2. The van der Waals surface area contributed by atoms with Crippen LogP contribution in [-0.4, -0.2) is 4.55 Å². The number of allylic oxidation sites excluding steroid dienone is 1. The molecule has 0 radical (unpaired) electrons. The van der Waals surface area contributed by atoms with Crippen LogP contribution in [0.5, 0.6) is 0 Å². The average molecular weight is 317 g/mol. The highest BCUT2D eigenvalue weighted by Crippen LogP contribution is 2.35. The highest BCUT2D eigenvalue weighted by molar-refractivity contribution is 8.00. The topological polar surface area (TPSA) is 23.1 Å². The maximum Gasteiger partial charge on any atom is 0.161 e. The maximum atomic E-state index is 12.9. The lowest BCUT2D eigenvalue weighted by Gasteiger charge is -2.20. The lowest BCUT2D eigenvalue weighted by atomic mass is 9.95. The van der Waals surface area contributed by atoms with Crippen molar-refractivity contribution >= 4 is 27.7 Å². The van der Waals surface area contributed by atoms with Crippen LogP contribution >= 0.6 is 11.6 Å². The molecule has 3 heteroatoms. The quantitative estimate of drug-likeness (QED) is 0.711. The molecule has 1 aliphatic rings. The normalized spacial score (nSPS) is 15.3. The molecule has 1 atom stereocenters. The minimum Gasteiger partial charge on any atom is -0.606 e. The molecule has 0 spiro atoms. The van der Waals surface area contributed by atoms with Crippen LogP contribution in [0.15, 0.2) is 47.4 Å². The summed E-state index contributed by atoms with van der Waals surface area (Å²) >= 11 is 4.90. The summed E-state index contributed by atoms with van der Waals surface area (Å²) in [5, 5.41) is 0.712. The Labute approximate surface area is 133 Å². The summed E-state index contributed by atoms with van der Waals surface area (Å²) in [4.78, 5) is 1.74. The number of halogens is 1. The maximum absolute atomic E-state index is 12.9. The molecule has 1 unspecified atom stereocenters. The van der Waals surface area contributed by atoms with Crippen LogP contribution in [0.4, 0.5) is 0 Å². The van der Waals surface area contributed by atoms with E-state index in [1.165, 1.54) is 11.1 Å². The highest BCUT2D eigenvalue weighted by Gasteiger charge is 2.25. The summed E-state index contributed by atoms with van der Waals surface area (Å²) in [6.07, 6.45) is 4.08. The fourth-order valence-corrected chi connectivity index (χ4v) is 4.19. The van der Waals surface area contributed by atoms with E-state index in [0.717, 1.165) is 33.8 Å². The Kier molecular flexibility index (Phi) is 4.12. The van der Waals surface area contributed by atoms with E-state index in [1.54, 1.807) is 0 Å². The molecule has 1 nitrogen and oxygen atoms in total. The first-order valence-corrected chi connectivity index (χ1v) is 8.57. The zero-order valence-corrected chi connectivity index (χ0v) is 13.7. The first-order valence-electron chi connectivity index (χ1n) is 7.04. The number of aryl methyl sites for hydroxylation is 3. The Morgan fingerprint density at radius 2 is 1.90 bits per heavy atom. The number of hydrogen-bond acceptors (Lipinski definition) is 1. The largest absolute Gasteiger partial charge is 0.606 e. The van der Waals surface area contributed by atoms with E-state index in [4.69, 9.17) is 11.6 Å². The van der Waals surface area contributed by atoms with Crippen molar-refractivity contribution in [3.63, 3.8) is 0 Å². The Bertz CT molecular complexity index is 721. The van der Waals surface area contributed by atoms with Gasteiger partial charge in [0.2, 0.25) is 0 Å². The van der Waals surface area contributed by atoms with Crippen LogP contribution in [0, 0.1) is 13.8 Å². The minimum atomic E-state index is -1.15. The van der Waals surface area contributed by atoms with Crippen molar-refractivity contribution in [3.05, 3.63) is 69.8 Å². The first kappa shape index (κ1) is 14.7. The highest BCUT2D eigenvalue weighted by atomic mass is 35.5. The van der Waals surface area contributed by atoms with Crippen LogP contribution in [-0.2, 0) is 17.6 Å². The number of hydrogen-bond donors (Lipinski definition) is 0. The second kappa shape index (κ2) is 5.88. The lowest BCUT2D eigenvalue weighted by molar-refractivity contribution is 0.604. The van der Waals surface area contributed by atoms with Crippen LogP contribution in [0.3, 0.4) is 0 Å². The van der Waals surface area contributed by atoms with Crippen LogP contribution in [0.2, 0.25) is 5.02 Å². The van der Waals surface area contributed by atoms with Gasteiger partial charge in [-0.2, -0.15) is 0 Å². The molecule has 0 saturated heterocycles. The molecular formula is C18H17ClOS. The van der Waals surface area contributed by atoms with Crippen molar-refractivity contribution in [3.8, 4) is 0 Å². The Morgan fingerprint density at radius 3 is 2.67 bits per heavy atom. The molecule has 0 fully saturated rings. The molecule has 0 saturated carbocycles. The molecule has 1 aliphatic carbocycles. The van der Waals surface area contributed by atoms with E-state index in [0.29, 0.717) is 5.02 Å². The van der Waals surface area contributed by atoms with Gasteiger partial charge in [-0.1, -0.05) is 29.3 Å². The summed E-state index contributed by atoms with van der Waals surface area (Å²) < 4.78 is 12.9. The third kappa shape index (κ3) is 2.89. The molecule has 3 rings (SSSR count). The van der Waals surface area contributed by atoms with Gasteiger partial charge in [0.15, 0.2) is 9.80 Å². The van der Waals surface area contributed by atoms with Gasteiger partial charge in [0.05, 0.1) is 0 Å². The van der Waals surface area contributed by atoms with Gasteiger partial charge >= 0.3 is 0 Å². The van der Waals surface area contributed by atoms with Crippen molar-refractivity contribution in [1.29, 1.82) is 0 Å². The molecule has 2 aromatic rings. The summed E-state index contributed by atoms with van der Waals surface area (Å²) in [5.74, 6) is 0. The molecular weight excluding hydrogens is 300 g/mol. The molecule has 108 valence electrons. The average Bonchev–Trinajstić information content (AvgIpc) is 2.48. The van der Waals surface area contributed by atoms with Gasteiger partial charge in [0.1, 0.15) is 0 Å². The molecule has 0 aliphatic heterocycles. The van der Waals surface area contributed by atoms with E-state index in [-0.39, 0.29) is 0 Å². The monoisotopic (exact) mass is 316 g/mol. The SMILES string of the molecule is Cc1ccc2c(c1)CCC=C2[S+]([O-])c1ccc(Cl)c(C)c1. The third-order valence-electron chi connectivity index (χ3n) is 3.81. The predicted molar refractivity (Wildman–Crippen MR) is 90.1 cm³/mol. The molecule has 0 amide bonds. The van der Waals surface area contributed by atoms with E-state index in [9.17, 15) is 4.55 Å². The minimum absolute atomic E-state index is 0.712. The van der Waals surface area contributed by atoms with Gasteiger partial charge in [-0.15, -0.1) is 0 Å². The smallest absolute Gasteiger partial charge is 0.161 e. The van der Waals surface area contributed by atoms with Crippen molar-refractivity contribution in [2.45, 2.75) is 31.6 Å². The summed E-state index contributed by atoms with van der Waals surface area (Å²) in [7, 11) is 0. The van der Waals surface area contributed by atoms with Crippen LogP contribution < -0.4 is 0 Å². The first-order chi connectivity index (χ1) is 10.1. The Balaban J connectivity index is 2.00. The zero-order chi connectivity index (χ0) is 15.0. The van der Waals surface area contributed by atoms with Crippen molar-refractivity contribution < 1.29 is 4.55 Å². The molecule has 21 heavy (non-hydrogen) atoms. The van der Waals surface area contributed by atoms with Crippen LogP contribution in [0.25, 0.3) is 4.91 Å². The lowest BCUT2D eigenvalue weighted by Crippen LogP contribution is -2.10. The fourth-order valence-electron chi connectivity index (χ4n) is 2.67. The summed E-state index contributed by atoms with van der Waals surface area (Å²) in [5.41, 5.74) is 4.63. The Morgan fingerprint density at radius 1 is 1.10 bits per heavy atom. The summed E-state index contributed by atoms with van der Waals surface area (Å²) in [6, 6.07) is 12.0. The van der Waals surface area contributed by atoms with Gasteiger partial charge in [-0.25, -0.2) is 0 Å². The molecule has 0 bridgehead atoms. The van der Waals surface area contributed by atoms with Crippen molar-refractivity contribution in [2.75, 3.05) is 0 Å². The fraction of sp³-hybridized carbons (Fsp3) is 0.222. The van der Waals surface area contributed by atoms with Gasteiger partial charge in [0.25, 0.3) is 0 Å². The number of benzene rings is 2. The van der Waals surface area contributed by atoms with E-state index in [2.05, 4.69) is 31.2 Å². The van der Waals surface area contributed by atoms with Gasteiger partial charge < -0.3 is 4.55 Å². The second-order valence-corrected chi connectivity index (χ2v) is 7.30. The van der Waals surface area contributed by atoms with Gasteiger partial charge in [0, 0.05) is 21.8 Å². The van der Waals surface area contributed by atoms with Gasteiger partial charge in [-0.05, 0) is 68.2 Å². The van der Waals surface area contributed by atoms with Crippen molar-refractivity contribution in [2.24, 2.45) is 0 Å². The van der Waals surface area contributed by atoms with Crippen molar-refractivity contribution in [1.82, 2.24) is 0 Å². The number of rotatable bonds is 2. The van der Waals surface area contributed by atoms with Gasteiger partial charge in [-0.3, -0.25) is 0 Å². The van der Waals surface area contributed by atoms with Crippen LogP contribution in [0.1, 0.15) is 28.7 Å². The number of fused-ring (bicyclic) bond motifs is 1. The Hall–Kier alpha value is -1.22. The van der Waals surface area contributed by atoms with E-state index < -0.39 is 11.2 Å².